The van der Waals surface area contributed by atoms with E-state index in [1.165, 1.54) is 21.2 Å². The number of hydrogen-bond donors (Lipinski definition) is 2. The summed E-state index contributed by atoms with van der Waals surface area (Å²) in [5, 5.41) is 8.20. The maximum absolute atomic E-state index is 14.7. The summed E-state index contributed by atoms with van der Waals surface area (Å²) in [4.78, 5) is 71.9. The second-order valence-electron chi connectivity index (χ2n) is 19.1. The van der Waals surface area contributed by atoms with E-state index in [1.54, 1.807) is 11.9 Å². The molecule has 68 heavy (non-hydrogen) atoms. The molecule has 3 saturated heterocycles. The number of alkyl halides is 1. The van der Waals surface area contributed by atoms with Gasteiger partial charge >= 0.3 is 12.0 Å². The molecule has 4 aliphatic heterocycles. The maximum Gasteiger partial charge on any atom is 0.325 e. The summed E-state index contributed by atoms with van der Waals surface area (Å²) in [7, 11) is 5.62. The number of hydrazine groups is 1. The highest BCUT2D eigenvalue weighted by molar-refractivity contribution is 9.09. The molecule has 4 aliphatic rings. The van der Waals surface area contributed by atoms with Gasteiger partial charge in [-0.15, -0.1) is 11.3 Å². The number of aryl methyl sites for hydroxylation is 1. The minimum absolute atomic E-state index is 0. The van der Waals surface area contributed by atoms with Crippen LogP contribution in [0.4, 0.5) is 4.79 Å². The SMILES string of the molecule is CCn1c(-c2cccnc2[C@@H]2CCCO2)c2c3cc(ccc31)-c1csc(n1)C[C@H](NC(=O)[C@H](C(C)C)N(C)C(=O)N1CC(N(C)C)C1)C(=O)N1CC(Br)C[C@H](N1)C(=O)OCC(C)(C)C2.S.S.S.S. The highest BCUT2D eigenvalue weighted by Crippen LogP contribution is 2.43. The zero-order valence-corrected chi connectivity index (χ0v) is 46.6. The number of nitrogens with one attached hydrogen (secondary N) is 2. The molecule has 21 heteroatoms. The molecule has 2 N–H and O–H groups in total. The van der Waals surface area contributed by atoms with Crippen LogP contribution in [0.2, 0.25) is 0 Å². The van der Waals surface area contributed by atoms with E-state index in [0.717, 1.165) is 64.1 Å². The number of thiazole rings is 1. The Hall–Kier alpha value is -3.02. The average Bonchev–Trinajstić information content (AvgIpc) is 4.01. The number of carbonyl (C=O) groups is 4. The standard InChI is InChI=1S/C47H62BrN9O6S.4H2S/c1-9-56-37-15-14-28-18-32(37)33(42(56)31-12-10-16-49-40(31)38-13-11-17-62-38)21-47(4,5)26-63-45(60)35-19-29(48)22-57(52-35)44(59)34(20-39-50-36(28)25-64-39)51-43(58)41(27(2)3)54(8)46(61)55-23-30(24-55)53(6)7;;;;/h10,12,14-16,18,25,27,29-30,34-35,38,41,52H,9,11,13,17,19-24,26H2,1-8H3,(H,51,58);4*1H2/t29?,34-,35-,38-,41-;;;;/m0..../s1. The Morgan fingerprint density at radius 3 is 2.47 bits per heavy atom. The summed E-state index contributed by atoms with van der Waals surface area (Å²) in [5.74, 6) is -1.58. The summed E-state index contributed by atoms with van der Waals surface area (Å²) in [6.07, 6.45) is 4.74. The van der Waals surface area contributed by atoms with Crippen LogP contribution < -0.4 is 10.7 Å². The number of rotatable bonds is 8. The lowest BCUT2D eigenvalue weighted by Gasteiger charge is -2.45. The summed E-state index contributed by atoms with van der Waals surface area (Å²) in [5.41, 5.74) is 9.61. The van der Waals surface area contributed by atoms with Crippen molar-refractivity contribution < 1.29 is 28.7 Å². The van der Waals surface area contributed by atoms with Gasteiger partial charge in [0.2, 0.25) is 5.91 Å². The molecule has 0 spiro atoms. The van der Waals surface area contributed by atoms with Crippen molar-refractivity contribution in [3.63, 3.8) is 0 Å². The first-order chi connectivity index (χ1) is 30.5. The fourth-order valence-electron chi connectivity index (χ4n) is 9.65. The molecule has 0 saturated carbocycles. The van der Waals surface area contributed by atoms with Gasteiger partial charge in [-0.3, -0.25) is 24.4 Å². The van der Waals surface area contributed by atoms with Crippen molar-refractivity contribution in [3.8, 4) is 22.5 Å². The van der Waals surface area contributed by atoms with E-state index in [9.17, 15) is 19.2 Å². The van der Waals surface area contributed by atoms with Gasteiger partial charge in [0, 0.05) is 96.1 Å². The topological polar surface area (TPSA) is 154 Å². The third kappa shape index (κ3) is 12.0. The zero-order valence-electron chi connectivity index (χ0n) is 40.2. The molecule has 5 atom stereocenters. The molecule has 3 fully saturated rings. The number of pyridine rings is 1. The normalized spacial score (nSPS) is 22.2. The Morgan fingerprint density at radius 1 is 1.07 bits per heavy atom. The lowest BCUT2D eigenvalue weighted by Crippen LogP contribution is -2.65. The second-order valence-corrected chi connectivity index (χ2v) is 21.4. The van der Waals surface area contributed by atoms with Crippen LogP contribution >= 0.6 is 81.2 Å². The van der Waals surface area contributed by atoms with Gasteiger partial charge in [-0.05, 0) is 82.4 Å². The summed E-state index contributed by atoms with van der Waals surface area (Å²) in [6, 6.07) is 7.87. The Labute approximate surface area is 441 Å². The largest absolute Gasteiger partial charge is 0.464 e. The number of carbonyl (C=O) groups excluding carboxylic acids is 4. The van der Waals surface area contributed by atoms with E-state index >= 15 is 0 Å². The van der Waals surface area contributed by atoms with Crippen LogP contribution in [-0.2, 0) is 43.2 Å². The molecule has 0 radical (unpaired) electrons. The molecule has 7 heterocycles. The lowest BCUT2D eigenvalue weighted by atomic mass is 9.84. The number of ether oxygens (including phenoxy) is 2. The molecule has 1 unspecified atom stereocenters. The lowest BCUT2D eigenvalue weighted by molar-refractivity contribution is -0.155. The minimum atomic E-state index is -1.06. The van der Waals surface area contributed by atoms with Crippen molar-refractivity contribution in [2.24, 2.45) is 11.3 Å². The number of likely N-dealkylation sites (tertiary alicyclic amines) is 1. The van der Waals surface area contributed by atoms with Gasteiger partial charge in [0.05, 0.1) is 28.7 Å². The van der Waals surface area contributed by atoms with Crippen molar-refractivity contribution in [1.82, 2.24) is 45.0 Å². The Kier molecular flexibility index (Phi) is 20.3. The number of nitrogens with zero attached hydrogens (tertiary/aromatic N) is 7. The Bertz CT molecular complexity index is 2410. The number of esters is 1. The van der Waals surface area contributed by atoms with Gasteiger partial charge in [-0.1, -0.05) is 49.7 Å². The molecule has 6 bridgehead atoms. The third-order valence-electron chi connectivity index (χ3n) is 13.1. The van der Waals surface area contributed by atoms with Gasteiger partial charge in [0.25, 0.3) is 5.91 Å². The molecule has 3 aromatic heterocycles. The summed E-state index contributed by atoms with van der Waals surface area (Å²) < 4.78 is 14.7. The van der Waals surface area contributed by atoms with Crippen LogP contribution in [0.25, 0.3) is 33.4 Å². The number of fused-ring (bicyclic) bond motifs is 6. The first-order valence-electron chi connectivity index (χ1n) is 22.6. The monoisotopic (exact) mass is 1100 g/mol. The van der Waals surface area contributed by atoms with E-state index in [-0.39, 0.29) is 102 Å². The number of hydrogen-bond acceptors (Lipinski definition) is 11. The van der Waals surface area contributed by atoms with E-state index < -0.39 is 41.3 Å². The quantitative estimate of drug-likeness (QED) is 0.148. The zero-order chi connectivity index (χ0) is 45.6. The number of cyclic esters (lactones) is 1. The van der Waals surface area contributed by atoms with Crippen molar-refractivity contribution >= 4 is 116 Å². The number of aromatic nitrogens is 3. The molecule has 1 aromatic carbocycles. The number of likely N-dealkylation sites (N-methyl/N-ethyl adjacent to an activating group) is 2. The van der Waals surface area contributed by atoms with E-state index in [1.807, 2.05) is 45.6 Å². The predicted octanol–water partition coefficient (Wildman–Crippen LogP) is 6.49. The first kappa shape index (κ1) is 57.6. The van der Waals surface area contributed by atoms with Crippen molar-refractivity contribution in [1.29, 1.82) is 0 Å². The summed E-state index contributed by atoms with van der Waals surface area (Å²) >= 11 is 5.14. The molecule has 8 rings (SSSR count). The second kappa shape index (κ2) is 23.9. The number of halogens is 1. The molecule has 4 amide bonds. The molecular formula is C47H70BrN9O6S5. The number of benzene rings is 1. The van der Waals surface area contributed by atoms with Gasteiger partial charge in [-0.25, -0.2) is 15.2 Å². The smallest absolute Gasteiger partial charge is 0.325 e. The minimum Gasteiger partial charge on any atom is -0.464 e. The van der Waals surface area contributed by atoms with Gasteiger partial charge in [0.15, 0.2) is 0 Å². The fourth-order valence-corrected chi connectivity index (χ4v) is 11.2. The number of urea groups is 1. The van der Waals surface area contributed by atoms with Crippen LogP contribution in [0.15, 0.2) is 41.9 Å². The molecular weight excluding hydrogens is 1030 g/mol. The highest BCUT2D eigenvalue weighted by Gasteiger charge is 2.42. The average molecular weight is 1100 g/mol. The first-order valence-corrected chi connectivity index (χ1v) is 24.4. The van der Waals surface area contributed by atoms with Crippen LogP contribution in [0.1, 0.15) is 76.3 Å². The molecule has 0 aliphatic carbocycles. The van der Waals surface area contributed by atoms with E-state index in [2.05, 4.69) is 81.2 Å². The van der Waals surface area contributed by atoms with Crippen LogP contribution in [-0.4, -0.2) is 141 Å². The van der Waals surface area contributed by atoms with Gasteiger partial charge in [0.1, 0.15) is 24.2 Å². The van der Waals surface area contributed by atoms with Crippen LogP contribution in [0, 0.1) is 11.3 Å². The van der Waals surface area contributed by atoms with E-state index in [0.29, 0.717) is 37.5 Å². The van der Waals surface area contributed by atoms with Gasteiger partial charge < -0.3 is 34.1 Å². The van der Waals surface area contributed by atoms with E-state index in [4.69, 9.17) is 19.4 Å². The molecule has 376 valence electrons. The van der Waals surface area contributed by atoms with Crippen molar-refractivity contribution in [3.05, 3.63) is 58.2 Å². The highest BCUT2D eigenvalue weighted by atomic mass is 79.9. The van der Waals surface area contributed by atoms with Crippen LogP contribution in [0.5, 0.6) is 0 Å². The van der Waals surface area contributed by atoms with Gasteiger partial charge in [-0.2, -0.15) is 54.0 Å². The maximum atomic E-state index is 14.7. The fraction of sp³-hybridized carbons (Fsp3) is 0.574. The molecule has 4 aromatic rings. The Balaban J connectivity index is 0.00000252. The van der Waals surface area contributed by atoms with Crippen molar-refractivity contribution in [2.75, 3.05) is 54.0 Å². The predicted molar refractivity (Wildman–Crippen MR) is 292 cm³/mol. The third-order valence-corrected chi connectivity index (χ3v) is 14.7. The Morgan fingerprint density at radius 2 is 1.81 bits per heavy atom. The molecule has 15 nitrogen and oxygen atoms in total. The van der Waals surface area contributed by atoms with Crippen LogP contribution in [0.3, 0.4) is 0 Å². The summed E-state index contributed by atoms with van der Waals surface area (Å²) in [6.45, 7) is 13.1. The number of amides is 4. The van der Waals surface area contributed by atoms with Crippen molar-refractivity contribution in [2.45, 2.75) is 108 Å².